The molecule has 0 aliphatic heterocycles. The van der Waals surface area contributed by atoms with Gasteiger partial charge in [-0.25, -0.2) is 0 Å². The lowest BCUT2D eigenvalue weighted by atomic mass is 9.94. The lowest BCUT2D eigenvalue weighted by Gasteiger charge is -2.12. The first-order valence-electron chi connectivity index (χ1n) is 6.40. The molecule has 0 aromatic heterocycles. The van der Waals surface area contributed by atoms with Gasteiger partial charge < -0.3 is 5.73 Å². The van der Waals surface area contributed by atoms with E-state index in [1.807, 2.05) is 0 Å². The molecule has 0 aliphatic rings. The lowest BCUT2D eigenvalue weighted by molar-refractivity contribution is 0.742. The number of nitrogens with two attached hydrogens (primary N) is 1. The van der Waals surface area contributed by atoms with E-state index in [0.717, 1.165) is 6.42 Å². The molecular formula is C17H17N. The highest BCUT2D eigenvalue weighted by atomic mass is 14.6. The highest BCUT2D eigenvalue weighted by Crippen LogP contribution is 2.29. The molecule has 1 nitrogen and oxygen atoms in total. The van der Waals surface area contributed by atoms with Gasteiger partial charge in [0.25, 0.3) is 0 Å². The first-order chi connectivity index (χ1) is 8.75. The molecule has 18 heavy (non-hydrogen) atoms. The molecule has 0 aliphatic carbocycles. The summed E-state index contributed by atoms with van der Waals surface area (Å²) in [5.74, 6) is 0. The quantitative estimate of drug-likeness (QED) is 0.670. The SMILES string of the molecule is C[C@H](N)Cc1cc2ccccc2c2ccccc12. The van der Waals surface area contributed by atoms with Crippen LogP contribution < -0.4 is 5.73 Å². The summed E-state index contributed by atoms with van der Waals surface area (Å²) in [5.41, 5.74) is 7.31. The molecule has 0 heterocycles. The van der Waals surface area contributed by atoms with E-state index in [9.17, 15) is 0 Å². The predicted molar refractivity (Wildman–Crippen MR) is 78.8 cm³/mol. The van der Waals surface area contributed by atoms with Crippen molar-refractivity contribution in [2.75, 3.05) is 0 Å². The van der Waals surface area contributed by atoms with E-state index in [0.29, 0.717) is 0 Å². The zero-order valence-electron chi connectivity index (χ0n) is 10.6. The highest BCUT2D eigenvalue weighted by Gasteiger charge is 2.07. The van der Waals surface area contributed by atoms with Gasteiger partial charge in [-0.05, 0) is 40.5 Å². The molecule has 0 fully saturated rings. The molecule has 3 aromatic carbocycles. The Labute approximate surface area is 107 Å². The smallest absolute Gasteiger partial charge is 0.00511 e. The van der Waals surface area contributed by atoms with Crippen molar-refractivity contribution in [3.8, 4) is 0 Å². The molecule has 0 radical (unpaired) electrons. The molecule has 0 bridgehead atoms. The average molecular weight is 235 g/mol. The maximum absolute atomic E-state index is 5.96. The number of benzene rings is 3. The Hall–Kier alpha value is -1.86. The van der Waals surface area contributed by atoms with Crippen LogP contribution in [-0.2, 0) is 6.42 Å². The molecule has 0 spiro atoms. The third-order valence-electron chi connectivity index (χ3n) is 3.40. The van der Waals surface area contributed by atoms with Gasteiger partial charge in [-0.15, -0.1) is 0 Å². The molecule has 3 rings (SSSR count). The fraction of sp³-hybridized carbons (Fsp3) is 0.176. The van der Waals surface area contributed by atoms with E-state index in [4.69, 9.17) is 5.73 Å². The summed E-state index contributed by atoms with van der Waals surface area (Å²) in [6.07, 6.45) is 0.922. The zero-order chi connectivity index (χ0) is 12.5. The van der Waals surface area contributed by atoms with Gasteiger partial charge in [0.15, 0.2) is 0 Å². The molecular weight excluding hydrogens is 218 g/mol. The maximum atomic E-state index is 5.96. The minimum absolute atomic E-state index is 0.189. The fourth-order valence-electron chi connectivity index (χ4n) is 2.65. The van der Waals surface area contributed by atoms with Gasteiger partial charge in [0.1, 0.15) is 0 Å². The predicted octanol–water partition coefficient (Wildman–Crippen LogP) is 3.88. The Bertz CT molecular complexity index is 698. The largest absolute Gasteiger partial charge is 0.328 e. The molecule has 2 N–H and O–H groups in total. The van der Waals surface area contributed by atoms with Crippen molar-refractivity contribution in [1.82, 2.24) is 0 Å². The Morgan fingerprint density at radius 2 is 1.50 bits per heavy atom. The van der Waals surface area contributed by atoms with E-state index in [-0.39, 0.29) is 6.04 Å². The van der Waals surface area contributed by atoms with Crippen LogP contribution in [0.5, 0.6) is 0 Å². The molecule has 1 heteroatoms. The Morgan fingerprint density at radius 3 is 2.22 bits per heavy atom. The second-order valence-corrected chi connectivity index (χ2v) is 4.98. The molecule has 0 unspecified atom stereocenters. The second kappa shape index (κ2) is 4.43. The van der Waals surface area contributed by atoms with E-state index in [1.54, 1.807) is 0 Å². The number of hydrogen-bond acceptors (Lipinski definition) is 1. The average Bonchev–Trinajstić information content (AvgIpc) is 2.38. The van der Waals surface area contributed by atoms with E-state index >= 15 is 0 Å². The van der Waals surface area contributed by atoms with Crippen LogP contribution in [0.25, 0.3) is 21.5 Å². The first kappa shape index (κ1) is 11.2. The Balaban J connectivity index is 2.39. The van der Waals surface area contributed by atoms with E-state index < -0.39 is 0 Å². The van der Waals surface area contributed by atoms with Gasteiger partial charge in [0, 0.05) is 6.04 Å². The van der Waals surface area contributed by atoms with Gasteiger partial charge in [0.05, 0.1) is 0 Å². The van der Waals surface area contributed by atoms with Crippen molar-refractivity contribution >= 4 is 21.5 Å². The number of hydrogen-bond donors (Lipinski definition) is 1. The van der Waals surface area contributed by atoms with E-state index in [1.165, 1.54) is 27.1 Å². The van der Waals surface area contributed by atoms with Crippen LogP contribution >= 0.6 is 0 Å². The van der Waals surface area contributed by atoms with E-state index in [2.05, 4.69) is 61.5 Å². The maximum Gasteiger partial charge on any atom is 0.00511 e. The van der Waals surface area contributed by atoms with Gasteiger partial charge in [-0.2, -0.15) is 0 Å². The minimum Gasteiger partial charge on any atom is -0.328 e. The fourth-order valence-corrected chi connectivity index (χ4v) is 2.65. The Morgan fingerprint density at radius 1 is 0.889 bits per heavy atom. The van der Waals surface area contributed by atoms with Gasteiger partial charge >= 0.3 is 0 Å². The van der Waals surface area contributed by atoms with Crippen molar-refractivity contribution in [2.45, 2.75) is 19.4 Å². The minimum atomic E-state index is 0.189. The molecule has 90 valence electrons. The summed E-state index contributed by atoms with van der Waals surface area (Å²) in [5, 5.41) is 5.27. The molecule has 0 saturated heterocycles. The second-order valence-electron chi connectivity index (χ2n) is 4.98. The van der Waals surface area contributed by atoms with Crippen LogP contribution in [0.3, 0.4) is 0 Å². The number of fused-ring (bicyclic) bond motifs is 3. The lowest BCUT2D eigenvalue weighted by Crippen LogP contribution is -2.17. The molecule has 1 atom stereocenters. The summed E-state index contributed by atoms with van der Waals surface area (Å²) in [7, 11) is 0. The summed E-state index contributed by atoms with van der Waals surface area (Å²) in [4.78, 5) is 0. The van der Waals surface area contributed by atoms with Crippen LogP contribution in [0.2, 0.25) is 0 Å². The summed E-state index contributed by atoms with van der Waals surface area (Å²) < 4.78 is 0. The highest BCUT2D eigenvalue weighted by molar-refractivity contribution is 6.08. The Kier molecular flexibility index (Phi) is 2.77. The van der Waals surface area contributed by atoms with Gasteiger partial charge in [-0.1, -0.05) is 54.6 Å². The topological polar surface area (TPSA) is 26.0 Å². The summed E-state index contributed by atoms with van der Waals surface area (Å²) >= 11 is 0. The normalized spacial score (nSPS) is 13.0. The van der Waals surface area contributed by atoms with Crippen LogP contribution in [0.15, 0.2) is 54.6 Å². The standard InChI is InChI=1S/C17H17N/c1-12(18)10-14-11-13-6-2-3-7-15(13)17-9-5-4-8-16(14)17/h2-9,11-12H,10,18H2,1H3/t12-/m0/s1. The molecule has 3 aromatic rings. The molecule has 0 saturated carbocycles. The molecule has 0 amide bonds. The van der Waals surface area contributed by atoms with Crippen LogP contribution in [0.4, 0.5) is 0 Å². The van der Waals surface area contributed by atoms with Crippen LogP contribution in [-0.4, -0.2) is 6.04 Å². The van der Waals surface area contributed by atoms with Crippen molar-refractivity contribution in [3.05, 3.63) is 60.2 Å². The van der Waals surface area contributed by atoms with Crippen molar-refractivity contribution < 1.29 is 0 Å². The van der Waals surface area contributed by atoms with Gasteiger partial charge in [0.2, 0.25) is 0 Å². The zero-order valence-corrected chi connectivity index (χ0v) is 10.6. The number of rotatable bonds is 2. The van der Waals surface area contributed by atoms with Gasteiger partial charge in [-0.3, -0.25) is 0 Å². The summed E-state index contributed by atoms with van der Waals surface area (Å²) in [6, 6.07) is 19.6. The van der Waals surface area contributed by atoms with Crippen molar-refractivity contribution in [1.29, 1.82) is 0 Å². The van der Waals surface area contributed by atoms with Crippen LogP contribution in [0.1, 0.15) is 12.5 Å². The third-order valence-corrected chi connectivity index (χ3v) is 3.40. The first-order valence-corrected chi connectivity index (χ1v) is 6.40. The summed E-state index contributed by atoms with van der Waals surface area (Å²) in [6.45, 7) is 2.06. The van der Waals surface area contributed by atoms with Crippen molar-refractivity contribution in [2.24, 2.45) is 5.73 Å². The monoisotopic (exact) mass is 235 g/mol. The van der Waals surface area contributed by atoms with Crippen molar-refractivity contribution in [3.63, 3.8) is 0 Å². The van der Waals surface area contributed by atoms with Crippen LogP contribution in [0, 0.1) is 0 Å². The third kappa shape index (κ3) is 1.87.